The minimum atomic E-state index is 0.267. The molecule has 1 fully saturated rings. The van der Waals surface area contributed by atoms with Crippen molar-refractivity contribution < 1.29 is 0 Å². The number of rotatable bonds is 4. The molecule has 1 aliphatic heterocycles. The largest absolute Gasteiger partial charge is 0.312 e. The molecule has 1 atom stereocenters. The highest BCUT2D eigenvalue weighted by atomic mass is 32.2. The van der Waals surface area contributed by atoms with Gasteiger partial charge in [0.15, 0.2) is 0 Å². The Balaban J connectivity index is 2.08. The Bertz CT molecular complexity index is 177. The summed E-state index contributed by atoms with van der Waals surface area (Å²) in [5.41, 5.74) is 0.267. The average molecular weight is 230 g/mol. The molecular formula is C12H26N2S. The molecule has 0 saturated carbocycles. The molecule has 1 unspecified atom stereocenters. The van der Waals surface area contributed by atoms with Crippen LogP contribution in [0.1, 0.15) is 34.1 Å². The van der Waals surface area contributed by atoms with Gasteiger partial charge in [0.2, 0.25) is 0 Å². The monoisotopic (exact) mass is 230 g/mol. The first kappa shape index (κ1) is 13.3. The SMILES string of the molecule is CC1CSCCN1CCCNC(C)(C)C. The van der Waals surface area contributed by atoms with Crippen LogP contribution in [-0.2, 0) is 0 Å². The van der Waals surface area contributed by atoms with Crippen molar-refractivity contribution in [3.8, 4) is 0 Å². The molecule has 0 aromatic carbocycles. The second kappa shape index (κ2) is 6.12. The third-order valence-electron chi connectivity index (χ3n) is 2.78. The molecule has 0 spiro atoms. The van der Waals surface area contributed by atoms with Gasteiger partial charge in [-0.15, -0.1) is 0 Å². The highest BCUT2D eigenvalue weighted by Gasteiger charge is 2.17. The van der Waals surface area contributed by atoms with Gasteiger partial charge in [0.25, 0.3) is 0 Å². The van der Waals surface area contributed by atoms with Crippen molar-refractivity contribution in [2.75, 3.05) is 31.1 Å². The fourth-order valence-electron chi connectivity index (χ4n) is 1.84. The van der Waals surface area contributed by atoms with Gasteiger partial charge in [-0.05, 0) is 47.2 Å². The van der Waals surface area contributed by atoms with Crippen LogP contribution >= 0.6 is 11.8 Å². The molecule has 1 aliphatic rings. The van der Waals surface area contributed by atoms with Gasteiger partial charge in [0, 0.05) is 29.6 Å². The molecule has 0 radical (unpaired) electrons. The molecule has 0 aromatic rings. The van der Waals surface area contributed by atoms with Crippen molar-refractivity contribution in [3.63, 3.8) is 0 Å². The van der Waals surface area contributed by atoms with E-state index in [2.05, 4.69) is 49.7 Å². The fourth-order valence-corrected chi connectivity index (χ4v) is 2.92. The van der Waals surface area contributed by atoms with E-state index >= 15 is 0 Å². The van der Waals surface area contributed by atoms with Gasteiger partial charge in [0.05, 0.1) is 0 Å². The topological polar surface area (TPSA) is 15.3 Å². The lowest BCUT2D eigenvalue weighted by Gasteiger charge is -2.33. The fraction of sp³-hybridized carbons (Fsp3) is 1.00. The summed E-state index contributed by atoms with van der Waals surface area (Å²) in [5.74, 6) is 2.63. The van der Waals surface area contributed by atoms with E-state index in [-0.39, 0.29) is 5.54 Å². The first-order valence-corrected chi connectivity index (χ1v) is 7.21. The second-order valence-corrected chi connectivity index (χ2v) is 6.64. The molecular weight excluding hydrogens is 204 g/mol. The molecule has 1 saturated heterocycles. The van der Waals surface area contributed by atoms with Crippen molar-refractivity contribution >= 4 is 11.8 Å². The van der Waals surface area contributed by atoms with Gasteiger partial charge in [-0.3, -0.25) is 4.90 Å². The number of hydrogen-bond acceptors (Lipinski definition) is 3. The molecule has 0 amide bonds. The predicted octanol–water partition coefficient (Wildman–Crippen LogP) is 2.20. The lowest BCUT2D eigenvalue weighted by atomic mass is 10.1. The van der Waals surface area contributed by atoms with E-state index in [1.54, 1.807) is 0 Å². The first-order chi connectivity index (χ1) is 6.99. The number of nitrogens with zero attached hydrogens (tertiary/aromatic N) is 1. The van der Waals surface area contributed by atoms with Gasteiger partial charge < -0.3 is 5.32 Å². The summed E-state index contributed by atoms with van der Waals surface area (Å²) >= 11 is 2.09. The molecule has 15 heavy (non-hydrogen) atoms. The summed E-state index contributed by atoms with van der Waals surface area (Å²) in [4.78, 5) is 2.63. The predicted molar refractivity (Wildman–Crippen MR) is 70.7 cm³/mol. The molecule has 1 rings (SSSR count). The minimum absolute atomic E-state index is 0.267. The lowest BCUT2D eigenvalue weighted by molar-refractivity contribution is 0.226. The van der Waals surface area contributed by atoms with Crippen LogP contribution in [0.5, 0.6) is 0 Å². The van der Waals surface area contributed by atoms with Crippen LogP contribution in [-0.4, -0.2) is 47.6 Å². The summed E-state index contributed by atoms with van der Waals surface area (Å²) in [6.07, 6.45) is 1.27. The molecule has 1 heterocycles. The van der Waals surface area contributed by atoms with E-state index in [1.165, 1.54) is 31.0 Å². The Hall–Kier alpha value is 0.270. The maximum absolute atomic E-state index is 3.54. The number of nitrogens with one attached hydrogen (secondary N) is 1. The Morgan fingerprint density at radius 3 is 2.73 bits per heavy atom. The zero-order chi connectivity index (χ0) is 11.3. The van der Waals surface area contributed by atoms with E-state index in [0.29, 0.717) is 0 Å². The number of thioether (sulfide) groups is 1. The van der Waals surface area contributed by atoms with Crippen LogP contribution in [0.3, 0.4) is 0 Å². The number of hydrogen-bond donors (Lipinski definition) is 1. The normalized spacial score (nSPS) is 24.4. The van der Waals surface area contributed by atoms with Crippen molar-refractivity contribution in [2.45, 2.75) is 45.7 Å². The van der Waals surface area contributed by atoms with Crippen LogP contribution < -0.4 is 5.32 Å². The Morgan fingerprint density at radius 2 is 2.13 bits per heavy atom. The van der Waals surface area contributed by atoms with Crippen LogP contribution in [0.2, 0.25) is 0 Å². The van der Waals surface area contributed by atoms with Gasteiger partial charge in [-0.25, -0.2) is 0 Å². The summed E-state index contributed by atoms with van der Waals surface area (Å²) in [5, 5.41) is 3.54. The second-order valence-electron chi connectivity index (χ2n) is 5.49. The Kier molecular flexibility index (Phi) is 5.44. The quantitative estimate of drug-likeness (QED) is 0.746. The van der Waals surface area contributed by atoms with Gasteiger partial charge >= 0.3 is 0 Å². The molecule has 2 nitrogen and oxygen atoms in total. The minimum Gasteiger partial charge on any atom is -0.312 e. The molecule has 0 bridgehead atoms. The Labute approximate surface area is 99.2 Å². The van der Waals surface area contributed by atoms with Crippen molar-refractivity contribution in [1.29, 1.82) is 0 Å². The van der Waals surface area contributed by atoms with Gasteiger partial charge in [-0.2, -0.15) is 11.8 Å². The van der Waals surface area contributed by atoms with E-state index in [9.17, 15) is 0 Å². The van der Waals surface area contributed by atoms with Crippen LogP contribution in [0.25, 0.3) is 0 Å². The van der Waals surface area contributed by atoms with Crippen molar-refractivity contribution in [1.82, 2.24) is 10.2 Å². The molecule has 0 aromatic heterocycles. The molecule has 1 N–H and O–H groups in total. The highest BCUT2D eigenvalue weighted by Crippen LogP contribution is 2.15. The summed E-state index contributed by atoms with van der Waals surface area (Å²) in [6, 6.07) is 0.776. The molecule has 90 valence electrons. The maximum atomic E-state index is 3.54. The molecule has 3 heteroatoms. The highest BCUT2D eigenvalue weighted by molar-refractivity contribution is 7.99. The van der Waals surface area contributed by atoms with Crippen molar-refractivity contribution in [2.24, 2.45) is 0 Å². The molecule has 0 aliphatic carbocycles. The summed E-state index contributed by atoms with van der Waals surface area (Å²) in [6.45, 7) is 12.7. The zero-order valence-electron chi connectivity index (χ0n) is 10.7. The van der Waals surface area contributed by atoms with Crippen LogP contribution in [0.15, 0.2) is 0 Å². The smallest absolute Gasteiger partial charge is 0.0158 e. The standard InChI is InChI=1S/C12H26N2S/c1-11-10-15-9-8-14(11)7-5-6-13-12(2,3)4/h11,13H,5-10H2,1-4H3. The van der Waals surface area contributed by atoms with E-state index in [4.69, 9.17) is 0 Å². The summed E-state index contributed by atoms with van der Waals surface area (Å²) < 4.78 is 0. The van der Waals surface area contributed by atoms with E-state index < -0.39 is 0 Å². The van der Waals surface area contributed by atoms with Crippen molar-refractivity contribution in [3.05, 3.63) is 0 Å². The lowest BCUT2D eigenvalue weighted by Crippen LogP contribution is -2.43. The van der Waals surface area contributed by atoms with Crippen LogP contribution in [0.4, 0.5) is 0 Å². The van der Waals surface area contributed by atoms with E-state index in [0.717, 1.165) is 12.6 Å². The van der Waals surface area contributed by atoms with Crippen LogP contribution in [0, 0.1) is 0 Å². The third kappa shape index (κ3) is 5.79. The summed E-state index contributed by atoms with van der Waals surface area (Å²) in [7, 11) is 0. The first-order valence-electron chi connectivity index (χ1n) is 6.06. The average Bonchev–Trinajstić information content (AvgIpc) is 2.13. The zero-order valence-corrected chi connectivity index (χ0v) is 11.5. The van der Waals surface area contributed by atoms with Gasteiger partial charge in [0.1, 0.15) is 0 Å². The third-order valence-corrected chi connectivity index (χ3v) is 3.97. The Morgan fingerprint density at radius 1 is 1.40 bits per heavy atom. The van der Waals surface area contributed by atoms with E-state index in [1.807, 2.05) is 0 Å². The maximum Gasteiger partial charge on any atom is 0.0158 e. The van der Waals surface area contributed by atoms with Gasteiger partial charge in [-0.1, -0.05) is 0 Å².